The molecule has 8 heteroatoms. The van der Waals surface area contributed by atoms with E-state index in [1.807, 2.05) is 6.92 Å². The first kappa shape index (κ1) is 21.9. The molecule has 0 radical (unpaired) electrons. The van der Waals surface area contributed by atoms with Crippen LogP contribution in [0.15, 0.2) is 33.5 Å². The molecule has 8 nitrogen and oxygen atoms in total. The summed E-state index contributed by atoms with van der Waals surface area (Å²) in [5.41, 5.74) is 14.1. The highest BCUT2D eigenvalue weighted by Crippen LogP contribution is 2.08. The van der Waals surface area contributed by atoms with Crippen molar-refractivity contribution < 1.29 is 15.5 Å². The van der Waals surface area contributed by atoms with Gasteiger partial charge in [0.15, 0.2) is 0 Å². The van der Waals surface area contributed by atoms with E-state index >= 15 is 0 Å². The first-order chi connectivity index (χ1) is 10.1. The Morgan fingerprint density at radius 2 is 1.50 bits per heavy atom. The van der Waals surface area contributed by atoms with Crippen LogP contribution in [0.25, 0.3) is 0 Å². The number of hydrogen-bond acceptors (Lipinski definition) is 3. The van der Waals surface area contributed by atoms with Crippen molar-refractivity contribution in [3.63, 3.8) is 0 Å². The number of allylic oxidation sites excluding steroid dienone is 4. The first-order valence-corrected chi connectivity index (χ1v) is 6.91. The summed E-state index contributed by atoms with van der Waals surface area (Å²) < 4.78 is 0. The summed E-state index contributed by atoms with van der Waals surface area (Å²) in [5.74, 6) is 0.00259. The molecule has 0 spiro atoms. The van der Waals surface area contributed by atoms with Crippen LogP contribution in [0.4, 0.5) is 0 Å². The highest BCUT2D eigenvalue weighted by molar-refractivity contribution is 5.83. The van der Waals surface area contributed by atoms with E-state index in [1.165, 1.54) is 11.1 Å². The Bertz CT molecular complexity index is 441. The van der Waals surface area contributed by atoms with E-state index in [2.05, 4.69) is 43.1 Å². The van der Waals surface area contributed by atoms with Crippen molar-refractivity contribution in [1.29, 1.82) is 0 Å². The van der Waals surface area contributed by atoms with Gasteiger partial charge in [0.2, 0.25) is 5.96 Å². The standard InChI is InChI=1S/C14H26N4.H2NO3/c1-11(2)7-5-8-12(3)9-6-10-13(4)17-18-14(15)16;2-1(3)4/h7,9H,5-6,8,10H2,1-4H3,(H4,15,16,18);(H2,2,3,4)/q;+1/b12-9+,17-13+;. The van der Waals surface area contributed by atoms with E-state index in [0.29, 0.717) is 0 Å². The maximum Gasteiger partial charge on any atom is 0.472 e. The first-order valence-electron chi connectivity index (χ1n) is 6.91. The van der Waals surface area contributed by atoms with E-state index in [-0.39, 0.29) is 5.96 Å². The van der Waals surface area contributed by atoms with Crippen LogP contribution in [-0.4, -0.2) is 27.2 Å². The van der Waals surface area contributed by atoms with Gasteiger partial charge in [-0.05, 0) is 53.4 Å². The fourth-order valence-corrected chi connectivity index (χ4v) is 1.41. The molecule has 0 aromatic rings. The largest absolute Gasteiger partial charge is 0.472 e. The average molecular weight is 314 g/mol. The lowest BCUT2D eigenvalue weighted by molar-refractivity contribution is -0.969. The minimum absolute atomic E-state index is 0.00259. The maximum atomic E-state index is 8.47. The van der Waals surface area contributed by atoms with Crippen molar-refractivity contribution in [2.24, 2.45) is 21.7 Å². The van der Waals surface area contributed by atoms with Crippen LogP contribution in [0.1, 0.15) is 53.4 Å². The van der Waals surface area contributed by atoms with E-state index in [4.69, 9.17) is 26.8 Å². The van der Waals surface area contributed by atoms with E-state index in [1.54, 1.807) is 0 Å². The summed E-state index contributed by atoms with van der Waals surface area (Å²) in [4.78, 5) is 8.47. The molecule has 0 aliphatic carbocycles. The lowest BCUT2D eigenvalue weighted by Crippen LogP contribution is -2.22. The minimum Gasteiger partial charge on any atom is -0.369 e. The van der Waals surface area contributed by atoms with Crippen LogP contribution in [0.2, 0.25) is 0 Å². The molecule has 0 unspecified atom stereocenters. The van der Waals surface area contributed by atoms with Crippen LogP contribution in [0.5, 0.6) is 0 Å². The van der Waals surface area contributed by atoms with Gasteiger partial charge in [0.1, 0.15) is 4.91 Å². The van der Waals surface area contributed by atoms with Gasteiger partial charge in [0.05, 0.1) is 0 Å². The van der Waals surface area contributed by atoms with Gasteiger partial charge >= 0.3 is 5.09 Å². The molecule has 0 saturated carbocycles. The number of hydrogen-bond donors (Lipinski definition) is 4. The van der Waals surface area contributed by atoms with Crippen molar-refractivity contribution >= 4 is 11.7 Å². The fourth-order valence-electron chi connectivity index (χ4n) is 1.41. The smallest absolute Gasteiger partial charge is 0.369 e. The van der Waals surface area contributed by atoms with Crippen LogP contribution in [0, 0.1) is 4.91 Å². The van der Waals surface area contributed by atoms with Gasteiger partial charge < -0.3 is 11.5 Å². The van der Waals surface area contributed by atoms with E-state index in [0.717, 1.165) is 31.4 Å². The molecule has 0 saturated heterocycles. The minimum atomic E-state index is -1.25. The molecule has 0 bridgehead atoms. The molecule has 0 amide bonds. The van der Waals surface area contributed by atoms with E-state index < -0.39 is 5.09 Å². The third-order valence-electron chi connectivity index (χ3n) is 2.43. The number of nitrogens with two attached hydrogens (primary N) is 2. The van der Waals surface area contributed by atoms with Crippen LogP contribution in [0.3, 0.4) is 0 Å². The molecule has 6 N–H and O–H groups in total. The number of guanidine groups is 1. The Hall–Kier alpha value is -2.38. The second kappa shape index (κ2) is 13.6. The molecule has 126 valence electrons. The summed E-state index contributed by atoms with van der Waals surface area (Å²) in [5, 5.41) is 20.1. The van der Waals surface area contributed by atoms with Gasteiger partial charge in [-0.15, -0.1) is 5.10 Å². The predicted molar refractivity (Wildman–Crippen MR) is 87.8 cm³/mol. The molecule has 0 atom stereocenters. The molecule has 0 aromatic carbocycles. The van der Waals surface area contributed by atoms with Crippen LogP contribution in [-0.2, 0) is 0 Å². The molecule has 0 aliphatic heterocycles. The molecule has 0 aromatic heterocycles. The Morgan fingerprint density at radius 3 is 1.95 bits per heavy atom. The zero-order valence-electron chi connectivity index (χ0n) is 13.8. The average Bonchev–Trinajstić information content (AvgIpc) is 2.35. The van der Waals surface area contributed by atoms with Crippen molar-refractivity contribution in [1.82, 2.24) is 0 Å². The summed E-state index contributed by atoms with van der Waals surface area (Å²) in [6.45, 7) is 8.35. The second-order valence-corrected chi connectivity index (χ2v) is 5.02. The van der Waals surface area contributed by atoms with Crippen molar-refractivity contribution in [2.75, 3.05) is 0 Å². The number of nitrogens with zero attached hydrogens (tertiary/aromatic N) is 3. The van der Waals surface area contributed by atoms with Gasteiger partial charge in [0.25, 0.3) is 0 Å². The molecule has 0 rings (SSSR count). The van der Waals surface area contributed by atoms with Gasteiger partial charge in [0, 0.05) is 5.71 Å². The lowest BCUT2D eigenvalue weighted by Gasteiger charge is -1.99. The molecule has 0 aliphatic rings. The Kier molecular flexibility index (Phi) is 13.5. The maximum absolute atomic E-state index is 8.47. The lowest BCUT2D eigenvalue weighted by atomic mass is 10.1. The monoisotopic (exact) mass is 314 g/mol. The third kappa shape index (κ3) is 22.8. The molecule has 0 heterocycles. The van der Waals surface area contributed by atoms with Crippen LogP contribution < -0.4 is 11.5 Å². The van der Waals surface area contributed by atoms with Gasteiger partial charge in [-0.3, -0.25) is 0 Å². The summed E-state index contributed by atoms with van der Waals surface area (Å²) in [6.07, 6.45) is 8.63. The third-order valence-corrected chi connectivity index (χ3v) is 2.43. The Labute approximate surface area is 131 Å². The molecule has 22 heavy (non-hydrogen) atoms. The van der Waals surface area contributed by atoms with Crippen molar-refractivity contribution in [3.8, 4) is 0 Å². The Balaban J connectivity index is 0. The normalized spacial score (nSPS) is 11.1. The fraction of sp³-hybridized carbons (Fsp3) is 0.571. The predicted octanol–water partition coefficient (Wildman–Crippen LogP) is 2.65. The zero-order valence-corrected chi connectivity index (χ0v) is 13.8. The highest BCUT2D eigenvalue weighted by Gasteiger charge is 1.92. The summed E-state index contributed by atoms with van der Waals surface area (Å²) >= 11 is 0. The SMILES string of the molecule is CC(C)=CCC/C(C)=C/CC/C(C)=N/N=C(N)N.O=[N+](O)O. The van der Waals surface area contributed by atoms with Crippen LogP contribution >= 0.6 is 0 Å². The van der Waals surface area contributed by atoms with Gasteiger partial charge in [-0.25, -0.2) is 10.4 Å². The van der Waals surface area contributed by atoms with Gasteiger partial charge in [-0.1, -0.05) is 23.3 Å². The molecule has 0 fully saturated rings. The van der Waals surface area contributed by atoms with Crippen molar-refractivity contribution in [3.05, 3.63) is 28.2 Å². The highest BCUT2D eigenvalue weighted by atomic mass is 16.9. The zero-order chi connectivity index (χ0) is 17.5. The molecular weight excluding hydrogens is 286 g/mol. The number of rotatable bonds is 7. The quantitative estimate of drug-likeness (QED) is 0.248. The summed E-state index contributed by atoms with van der Waals surface area (Å²) in [7, 11) is 0. The molecular formula is C14H28N5O3+. The topological polar surface area (TPSA) is 137 Å². The summed E-state index contributed by atoms with van der Waals surface area (Å²) in [6, 6.07) is 0. The van der Waals surface area contributed by atoms with Crippen molar-refractivity contribution in [2.45, 2.75) is 53.4 Å². The second-order valence-electron chi connectivity index (χ2n) is 5.02. The van der Waals surface area contributed by atoms with Gasteiger partial charge in [-0.2, -0.15) is 5.10 Å². The van der Waals surface area contributed by atoms with E-state index in [9.17, 15) is 0 Å². The Morgan fingerprint density at radius 1 is 1.00 bits per heavy atom.